The Balaban J connectivity index is 1.65. The Kier molecular flexibility index (Phi) is 5.73. The number of aryl methyl sites for hydroxylation is 1. The van der Waals surface area contributed by atoms with E-state index in [0.29, 0.717) is 25.4 Å². The first kappa shape index (κ1) is 17.9. The second-order valence-corrected chi connectivity index (χ2v) is 6.86. The summed E-state index contributed by atoms with van der Waals surface area (Å²) in [6, 6.07) is 7.69. The van der Waals surface area contributed by atoms with Gasteiger partial charge in [0.15, 0.2) is 0 Å². The van der Waals surface area contributed by atoms with Gasteiger partial charge in [0.05, 0.1) is 25.4 Å². The summed E-state index contributed by atoms with van der Waals surface area (Å²) < 4.78 is 13.5. The zero-order valence-corrected chi connectivity index (χ0v) is 15.2. The van der Waals surface area contributed by atoms with Gasteiger partial charge in [0, 0.05) is 37.5 Å². The first-order chi connectivity index (χ1) is 12.0. The molecule has 1 saturated heterocycles. The van der Waals surface area contributed by atoms with Gasteiger partial charge in [0.2, 0.25) is 0 Å². The molecule has 136 valence electrons. The van der Waals surface area contributed by atoms with Crippen LogP contribution in [0.1, 0.15) is 16.8 Å². The lowest BCUT2D eigenvalue weighted by Crippen LogP contribution is -2.51. The van der Waals surface area contributed by atoms with Crippen LogP contribution in [0.25, 0.3) is 10.9 Å². The first-order valence-electron chi connectivity index (χ1n) is 8.74. The summed E-state index contributed by atoms with van der Waals surface area (Å²) in [5, 5.41) is 4.22. The highest BCUT2D eigenvalue weighted by atomic mass is 16.5. The average molecular weight is 345 g/mol. The van der Waals surface area contributed by atoms with Crippen LogP contribution in [0.15, 0.2) is 30.5 Å². The van der Waals surface area contributed by atoms with Crippen LogP contribution in [0.4, 0.5) is 0 Å². The number of fused-ring (bicyclic) bond motifs is 1. The molecule has 0 radical (unpaired) electrons. The Labute approximate surface area is 148 Å². The third-order valence-electron chi connectivity index (χ3n) is 4.63. The van der Waals surface area contributed by atoms with Crippen molar-refractivity contribution in [3.63, 3.8) is 0 Å². The predicted molar refractivity (Wildman–Crippen MR) is 97.9 cm³/mol. The molecular weight excluding hydrogens is 318 g/mol. The van der Waals surface area contributed by atoms with E-state index in [4.69, 9.17) is 9.47 Å². The van der Waals surface area contributed by atoms with E-state index < -0.39 is 0 Å². The van der Waals surface area contributed by atoms with Gasteiger partial charge in [0.25, 0.3) is 5.91 Å². The number of amides is 1. The number of rotatable bonds is 6. The van der Waals surface area contributed by atoms with Crippen molar-refractivity contribution in [2.45, 2.75) is 18.6 Å². The molecule has 6 heteroatoms. The lowest BCUT2D eigenvalue weighted by atomic mass is 10.1. The van der Waals surface area contributed by atoms with Gasteiger partial charge < -0.3 is 24.3 Å². The number of benzene rings is 1. The number of ether oxygens (including phenoxy) is 2. The fourth-order valence-electron chi connectivity index (χ4n) is 3.09. The number of hydrogen-bond acceptors (Lipinski definition) is 4. The summed E-state index contributed by atoms with van der Waals surface area (Å²) >= 11 is 0. The van der Waals surface area contributed by atoms with E-state index in [0.717, 1.165) is 23.9 Å². The van der Waals surface area contributed by atoms with Crippen molar-refractivity contribution in [1.82, 2.24) is 14.8 Å². The minimum absolute atomic E-state index is 0.00332. The van der Waals surface area contributed by atoms with Crippen molar-refractivity contribution >= 4 is 16.8 Å². The Morgan fingerprint density at radius 3 is 3.04 bits per heavy atom. The summed E-state index contributed by atoms with van der Waals surface area (Å²) in [5.74, 6) is -0.0835. The molecule has 25 heavy (non-hydrogen) atoms. The summed E-state index contributed by atoms with van der Waals surface area (Å²) in [4.78, 5) is 14.8. The van der Waals surface area contributed by atoms with E-state index in [1.807, 2.05) is 56.2 Å². The van der Waals surface area contributed by atoms with Crippen molar-refractivity contribution in [3.8, 4) is 0 Å². The monoisotopic (exact) mass is 345 g/mol. The summed E-state index contributed by atoms with van der Waals surface area (Å²) in [7, 11) is 6.02. The first-order valence-corrected chi connectivity index (χ1v) is 8.74. The van der Waals surface area contributed by atoms with Crippen molar-refractivity contribution in [2.75, 3.05) is 40.5 Å². The number of nitrogens with one attached hydrogen (secondary N) is 1. The molecule has 1 N–H and O–H groups in total. The topological polar surface area (TPSA) is 55.7 Å². The molecule has 1 aromatic carbocycles. The number of aromatic nitrogens is 1. The minimum atomic E-state index is -0.118. The van der Waals surface area contributed by atoms with Gasteiger partial charge in [-0.2, -0.15) is 0 Å². The smallest absolute Gasteiger partial charge is 0.251 e. The van der Waals surface area contributed by atoms with Gasteiger partial charge in [-0.25, -0.2) is 0 Å². The highest BCUT2D eigenvalue weighted by Crippen LogP contribution is 2.18. The molecule has 0 aliphatic carbocycles. The third-order valence-corrected chi connectivity index (χ3v) is 4.63. The van der Waals surface area contributed by atoms with Crippen molar-refractivity contribution in [2.24, 2.45) is 7.05 Å². The summed E-state index contributed by atoms with van der Waals surface area (Å²) in [6.07, 6.45) is 2.79. The van der Waals surface area contributed by atoms with Crippen LogP contribution in [0.3, 0.4) is 0 Å². The molecule has 6 nitrogen and oxygen atoms in total. The Bertz CT molecular complexity index is 726. The van der Waals surface area contributed by atoms with Gasteiger partial charge in [-0.1, -0.05) is 6.07 Å². The van der Waals surface area contributed by atoms with E-state index in [-0.39, 0.29) is 18.1 Å². The molecule has 2 heterocycles. The normalized spacial score (nSPS) is 21.0. The van der Waals surface area contributed by atoms with Crippen molar-refractivity contribution in [1.29, 1.82) is 0 Å². The zero-order chi connectivity index (χ0) is 17.8. The van der Waals surface area contributed by atoms with Crippen LogP contribution in [0.5, 0.6) is 0 Å². The maximum Gasteiger partial charge on any atom is 0.251 e. The fraction of sp³-hybridized carbons (Fsp3) is 0.526. The molecule has 1 fully saturated rings. The standard InChI is InChI=1S/C19H27N3O3/c1-21(2)9-11-25-18-7-10-24-13-16(18)20-19(23)15-5-4-14-6-8-22(3)17(14)12-15/h4-6,8,12,16,18H,7,9-11,13H2,1-3H3,(H,20,23)/t16-,18+/m0/s1. The van der Waals surface area contributed by atoms with Gasteiger partial charge >= 0.3 is 0 Å². The highest BCUT2D eigenvalue weighted by molar-refractivity contribution is 5.98. The largest absolute Gasteiger partial charge is 0.379 e. The van der Waals surface area contributed by atoms with Crippen LogP contribution in [-0.4, -0.2) is 68.0 Å². The molecule has 0 saturated carbocycles. The van der Waals surface area contributed by atoms with E-state index in [1.54, 1.807) is 0 Å². The van der Waals surface area contributed by atoms with Gasteiger partial charge in [-0.15, -0.1) is 0 Å². The van der Waals surface area contributed by atoms with Crippen LogP contribution >= 0.6 is 0 Å². The van der Waals surface area contributed by atoms with E-state index in [1.165, 1.54) is 0 Å². The van der Waals surface area contributed by atoms with E-state index in [2.05, 4.69) is 10.2 Å². The zero-order valence-electron chi connectivity index (χ0n) is 15.2. The predicted octanol–water partition coefficient (Wildman–Crippen LogP) is 1.64. The molecule has 1 amide bonds. The molecule has 2 aromatic rings. The van der Waals surface area contributed by atoms with Crippen LogP contribution in [0, 0.1) is 0 Å². The molecule has 0 unspecified atom stereocenters. The lowest BCUT2D eigenvalue weighted by molar-refractivity contribution is -0.0561. The Hall–Kier alpha value is -1.89. The van der Waals surface area contributed by atoms with Crippen molar-refractivity contribution < 1.29 is 14.3 Å². The molecular formula is C19H27N3O3. The van der Waals surface area contributed by atoms with E-state index in [9.17, 15) is 4.79 Å². The Morgan fingerprint density at radius 1 is 1.40 bits per heavy atom. The van der Waals surface area contributed by atoms with E-state index >= 15 is 0 Å². The van der Waals surface area contributed by atoms with Crippen molar-refractivity contribution in [3.05, 3.63) is 36.0 Å². The van der Waals surface area contributed by atoms with Crippen LogP contribution in [-0.2, 0) is 16.5 Å². The second kappa shape index (κ2) is 7.99. The molecule has 0 bridgehead atoms. The molecule has 1 aromatic heterocycles. The molecule has 0 spiro atoms. The third kappa shape index (κ3) is 4.39. The molecule has 3 rings (SSSR count). The van der Waals surface area contributed by atoms with Gasteiger partial charge in [-0.3, -0.25) is 4.79 Å². The summed E-state index contributed by atoms with van der Waals surface area (Å²) in [6.45, 7) is 2.68. The lowest BCUT2D eigenvalue weighted by Gasteiger charge is -2.32. The quantitative estimate of drug-likeness (QED) is 0.865. The van der Waals surface area contributed by atoms with Crippen LogP contribution in [0.2, 0.25) is 0 Å². The number of nitrogens with zero attached hydrogens (tertiary/aromatic N) is 2. The number of hydrogen-bond donors (Lipinski definition) is 1. The number of carbonyl (C=O) groups is 1. The van der Waals surface area contributed by atoms with Gasteiger partial charge in [0.1, 0.15) is 0 Å². The maximum absolute atomic E-state index is 12.7. The SMILES string of the molecule is CN(C)CCO[C@@H]1CCOC[C@@H]1NC(=O)c1ccc2ccn(C)c2c1. The molecule has 2 atom stereocenters. The molecule has 1 aliphatic rings. The average Bonchev–Trinajstić information content (AvgIpc) is 2.97. The number of likely N-dealkylation sites (N-methyl/N-ethyl adjacent to an activating group) is 1. The minimum Gasteiger partial charge on any atom is -0.379 e. The van der Waals surface area contributed by atoms with Gasteiger partial charge in [-0.05, 0) is 44.1 Å². The summed E-state index contributed by atoms with van der Waals surface area (Å²) in [5.41, 5.74) is 1.71. The highest BCUT2D eigenvalue weighted by Gasteiger charge is 2.28. The van der Waals surface area contributed by atoms with Crippen LogP contribution < -0.4 is 5.32 Å². The maximum atomic E-state index is 12.7. The fourth-order valence-corrected chi connectivity index (χ4v) is 3.09. The number of carbonyl (C=O) groups excluding carboxylic acids is 1. The second-order valence-electron chi connectivity index (χ2n) is 6.86. The Morgan fingerprint density at radius 2 is 2.24 bits per heavy atom. The molecule has 1 aliphatic heterocycles.